The molecule has 5 aromatic rings. The summed E-state index contributed by atoms with van der Waals surface area (Å²) < 4.78 is 28.7. The smallest absolute Gasteiger partial charge is 0.115 e. The molecule has 1 aliphatic carbocycles. The van der Waals surface area contributed by atoms with Gasteiger partial charge in [0.1, 0.15) is 30.5 Å². The molecular formula is C42H50N4O6. The van der Waals surface area contributed by atoms with Gasteiger partial charge in [-0.2, -0.15) is 0 Å². The van der Waals surface area contributed by atoms with E-state index < -0.39 is 36.6 Å². The first kappa shape index (κ1) is 37.5. The van der Waals surface area contributed by atoms with Crippen molar-refractivity contribution in [2.45, 2.75) is 89.9 Å². The normalized spacial score (nSPS) is 22.0. The lowest BCUT2D eigenvalue weighted by atomic mass is 9.82. The van der Waals surface area contributed by atoms with Crippen LogP contribution in [0.3, 0.4) is 0 Å². The summed E-state index contributed by atoms with van der Waals surface area (Å²) in [5, 5.41) is 34.4. The number of nitrogens with zero attached hydrogens (tertiary/aromatic N) is 3. The molecule has 0 aliphatic heterocycles. The van der Waals surface area contributed by atoms with Crippen LogP contribution in [0.1, 0.15) is 41.8 Å². The quantitative estimate of drug-likeness (QED) is 0.109. The highest BCUT2D eigenvalue weighted by atomic mass is 16.6. The fraction of sp³-hybridized carbons (Fsp3) is 0.381. The van der Waals surface area contributed by atoms with Gasteiger partial charge in [-0.3, -0.25) is 4.68 Å². The van der Waals surface area contributed by atoms with E-state index >= 15 is 0 Å². The number of rotatable bonds is 18. The Balaban J connectivity index is 1.33. The Bertz CT molecular complexity index is 1740. The summed E-state index contributed by atoms with van der Waals surface area (Å²) in [6.45, 7) is 5.97. The molecule has 274 valence electrons. The summed E-state index contributed by atoms with van der Waals surface area (Å²) in [6.07, 6.45) is -1.96. The summed E-state index contributed by atoms with van der Waals surface area (Å²) in [4.78, 5) is 0. The van der Waals surface area contributed by atoms with Crippen molar-refractivity contribution in [1.82, 2.24) is 20.3 Å². The Morgan fingerprint density at radius 2 is 1.02 bits per heavy atom. The standard InChI is InChI=1S/C42H50N4O6/c1-42(2,30-47)29-46-24-35(44-45-46)23-43-36-37(48)39(50-26-32-17-9-4-10-18-32)41(52-28-34-21-13-6-14-22-34)40(51-27-33-19-11-5-12-20-33)38(36)49-25-31-15-7-3-8-16-31/h3-22,24,36-41,43,47-48H,23,25-30H2,1-2H3/t36-,37-,38+,39+,40-,41-/m1/s1. The number of aliphatic hydroxyl groups is 2. The van der Waals surface area contributed by atoms with Crippen molar-refractivity contribution in [2.24, 2.45) is 5.41 Å². The minimum absolute atomic E-state index is 0.0252. The molecule has 1 heterocycles. The van der Waals surface area contributed by atoms with Gasteiger partial charge in [0.25, 0.3) is 0 Å². The van der Waals surface area contributed by atoms with E-state index in [0.717, 1.165) is 22.3 Å². The zero-order valence-corrected chi connectivity index (χ0v) is 29.9. The Kier molecular flexibility index (Phi) is 13.3. The predicted octanol–water partition coefficient (Wildman–Crippen LogP) is 5.47. The first-order chi connectivity index (χ1) is 25.4. The van der Waals surface area contributed by atoms with Crippen LogP contribution in [0.25, 0.3) is 0 Å². The van der Waals surface area contributed by atoms with Crippen LogP contribution in [-0.2, 0) is 58.5 Å². The van der Waals surface area contributed by atoms with E-state index in [1.54, 1.807) is 4.68 Å². The van der Waals surface area contributed by atoms with Crippen molar-refractivity contribution in [3.05, 3.63) is 155 Å². The SMILES string of the molecule is CC(C)(CO)Cn1cc(CN[C@@H]2[C@@H](O)[C@H](OCc3ccccc3)[C@@H](OCc3ccccc3)[C@H](OCc3ccccc3)[C@H]2OCc2ccccc2)nn1. The van der Waals surface area contributed by atoms with Gasteiger partial charge < -0.3 is 34.5 Å². The molecule has 0 spiro atoms. The lowest BCUT2D eigenvalue weighted by molar-refractivity contribution is -0.251. The number of ether oxygens (including phenoxy) is 4. The van der Waals surface area contributed by atoms with Crippen LogP contribution < -0.4 is 5.32 Å². The molecule has 1 saturated carbocycles. The Morgan fingerprint density at radius 1 is 0.615 bits per heavy atom. The third-order valence-corrected chi connectivity index (χ3v) is 9.29. The molecule has 1 aromatic heterocycles. The van der Waals surface area contributed by atoms with Crippen LogP contribution in [0.2, 0.25) is 0 Å². The lowest BCUT2D eigenvalue weighted by Gasteiger charge is -2.49. The fourth-order valence-corrected chi connectivity index (χ4v) is 6.45. The van der Waals surface area contributed by atoms with Crippen molar-refractivity contribution < 1.29 is 29.2 Å². The van der Waals surface area contributed by atoms with Gasteiger partial charge in [0.15, 0.2) is 0 Å². The highest BCUT2D eigenvalue weighted by Gasteiger charge is 2.53. The average molecular weight is 707 g/mol. The van der Waals surface area contributed by atoms with Gasteiger partial charge in [-0.05, 0) is 22.3 Å². The zero-order chi connectivity index (χ0) is 36.2. The van der Waals surface area contributed by atoms with E-state index in [2.05, 4.69) is 15.6 Å². The summed E-state index contributed by atoms with van der Waals surface area (Å²) in [5.41, 5.74) is 4.31. The van der Waals surface area contributed by atoms with Crippen molar-refractivity contribution >= 4 is 0 Å². The van der Waals surface area contributed by atoms with E-state index in [0.29, 0.717) is 38.6 Å². The van der Waals surface area contributed by atoms with Gasteiger partial charge in [0.05, 0.1) is 38.2 Å². The van der Waals surface area contributed by atoms with E-state index in [1.807, 2.05) is 141 Å². The van der Waals surface area contributed by atoms with Crippen LogP contribution in [0.5, 0.6) is 0 Å². The lowest BCUT2D eigenvalue weighted by Crippen LogP contribution is -2.69. The van der Waals surface area contributed by atoms with E-state index in [-0.39, 0.29) is 18.6 Å². The molecule has 0 unspecified atom stereocenters. The van der Waals surface area contributed by atoms with Gasteiger partial charge >= 0.3 is 0 Å². The topological polar surface area (TPSA) is 120 Å². The van der Waals surface area contributed by atoms with Crippen LogP contribution in [0, 0.1) is 5.41 Å². The van der Waals surface area contributed by atoms with Gasteiger partial charge in [-0.25, -0.2) is 0 Å². The Morgan fingerprint density at radius 3 is 1.46 bits per heavy atom. The minimum Gasteiger partial charge on any atom is -0.396 e. The number of hydrogen-bond acceptors (Lipinski definition) is 9. The molecule has 52 heavy (non-hydrogen) atoms. The van der Waals surface area contributed by atoms with Gasteiger partial charge in [0, 0.05) is 31.3 Å². The minimum atomic E-state index is -1.05. The first-order valence-electron chi connectivity index (χ1n) is 17.9. The highest BCUT2D eigenvalue weighted by Crippen LogP contribution is 2.33. The van der Waals surface area contributed by atoms with Gasteiger partial charge in [-0.15, -0.1) is 5.10 Å². The predicted molar refractivity (Wildman–Crippen MR) is 198 cm³/mol. The molecule has 1 aliphatic rings. The molecule has 0 amide bonds. The molecule has 4 aromatic carbocycles. The van der Waals surface area contributed by atoms with Crippen LogP contribution in [0.15, 0.2) is 128 Å². The maximum atomic E-state index is 12.3. The maximum Gasteiger partial charge on any atom is 0.115 e. The third-order valence-electron chi connectivity index (χ3n) is 9.29. The Hall–Kier alpha value is -4.26. The van der Waals surface area contributed by atoms with Crippen molar-refractivity contribution in [2.75, 3.05) is 6.61 Å². The van der Waals surface area contributed by atoms with E-state index in [1.165, 1.54) is 0 Å². The number of hydrogen-bond donors (Lipinski definition) is 3. The monoisotopic (exact) mass is 706 g/mol. The molecule has 6 rings (SSSR count). The average Bonchev–Trinajstić information content (AvgIpc) is 3.62. The second-order valence-corrected chi connectivity index (χ2v) is 14.2. The van der Waals surface area contributed by atoms with Crippen molar-refractivity contribution in [1.29, 1.82) is 0 Å². The second kappa shape index (κ2) is 18.5. The molecule has 6 atom stereocenters. The molecular weight excluding hydrogens is 656 g/mol. The zero-order valence-electron chi connectivity index (χ0n) is 29.9. The summed E-state index contributed by atoms with van der Waals surface area (Å²) in [7, 11) is 0. The number of benzene rings is 4. The van der Waals surface area contributed by atoms with Crippen LogP contribution in [0.4, 0.5) is 0 Å². The summed E-state index contributed by atoms with van der Waals surface area (Å²) in [6, 6.07) is 39.2. The summed E-state index contributed by atoms with van der Waals surface area (Å²) in [5.74, 6) is 0. The highest BCUT2D eigenvalue weighted by molar-refractivity contribution is 5.18. The van der Waals surface area contributed by atoms with Crippen LogP contribution >= 0.6 is 0 Å². The molecule has 0 radical (unpaired) electrons. The van der Waals surface area contributed by atoms with Gasteiger partial charge in [-0.1, -0.05) is 140 Å². The van der Waals surface area contributed by atoms with E-state index in [9.17, 15) is 10.2 Å². The van der Waals surface area contributed by atoms with Gasteiger partial charge in [0.2, 0.25) is 0 Å². The largest absolute Gasteiger partial charge is 0.396 e. The van der Waals surface area contributed by atoms with Crippen molar-refractivity contribution in [3.63, 3.8) is 0 Å². The molecule has 10 nitrogen and oxygen atoms in total. The molecule has 0 bridgehead atoms. The summed E-state index contributed by atoms with van der Waals surface area (Å²) >= 11 is 0. The first-order valence-corrected chi connectivity index (χ1v) is 17.9. The Labute approximate surface area is 306 Å². The van der Waals surface area contributed by atoms with Crippen LogP contribution in [-0.4, -0.2) is 68.4 Å². The second-order valence-electron chi connectivity index (χ2n) is 14.2. The molecule has 0 saturated heterocycles. The van der Waals surface area contributed by atoms with E-state index in [4.69, 9.17) is 18.9 Å². The number of aromatic nitrogens is 3. The maximum absolute atomic E-state index is 12.3. The molecule has 10 heteroatoms. The van der Waals surface area contributed by atoms with Crippen molar-refractivity contribution in [3.8, 4) is 0 Å². The number of aliphatic hydroxyl groups excluding tert-OH is 2. The fourth-order valence-electron chi connectivity index (χ4n) is 6.45. The molecule has 3 N–H and O–H groups in total. The third kappa shape index (κ3) is 10.4. The molecule has 1 fully saturated rings. The number of nitrogens with one attached hydrogen (secondary N) is 1.